The normalized spacial score (nSPS) is 11.4. The fraction of sp³-hybridized carbons (Fsp3) is 0.235. The first-order valence-electron chi connectivity index (χ1n) is 7.56. The molecule has 0 aromatic heterocycles. The third kappa shape index (κ3) is 4.73. The van der Waals surface area contributed by atoms with Crippen LogP contribution >= 0.6 is 0 Å². The summed E-state index contributed by atoms with van der Waals surface area (Å²) < 4.78 is 35.1. The molecule has 6 nitrogen and oxygen atoms in total. The zero-order valence-electron chi connectivity index (χ0n) is 13.6. The van der Waals surface area contributed by atoms with E-state index in [-0.39, 0.29) is 4.90 Å². The Balaban J connectivity index is 2.13. The van der Waals surface area contributed by atoms with Crippen LogP contribution in [0.1, 0.15) is 19.4 Å². The van der Waals surface area contributed by atoms with Crippen LogP contribution in [0.2, 0.25) is 0 Å². The van der Waals surface area contributed by atoms with E-state index in [0.717, 1.165) is 0 Å². The van der Waals surface area contributed by atoms with Gasteiger partial charge in [-0.05, 0) is 49.7 Å². The molecule has 24 heavy (non-hydrogen) atoms. The van der Waals surface area contributed by atoms with Gasteiger partial charge in [0, 0.05) is 0 Å². The van der Waals surface area contributed by atoms with E-state index in [9.17, 15) is 8.42 Å². The monoisotopic (exact) mass is 348 g/mol. The minimum Gasteiger partial charge on any atom is -0.490 e. The van der Waals surface area contributed by atoms with Gasteiger partial charge in [-0.15, -0.1) is 0 Å². The molecule has 0 atom stereocenters. The predicted octanol–water partition coefficient (Wildman–Crippen LogP) is 2.80. The van der Waals surface area contributed by atoms with Gasteiger partial charge in [0.15, 0.2) is 11.5 Å². The zero-order chi connectivity index (χ0) is 17.4. The first-order chi connectivity index (χ1) is 11.6. The molecule has 0 fully saturated rings. The Bertz CT molecular complexity index is 789. The maximum Gasteiger partial charge on any atom is 0.276 e. The summed E-state index contributed by atoms with van der Waals surface area (Å²) in [6.07, 6.45) is 1.42. The predicted molar refractivity (Wildman–Crippen MR) is 93.1 cm³/mol. The lowest BCUT2D eigenvalue weighted by molar-refractivity contribution is 0.288. The second-order valence-corrected chi connectivity index (χ2v) is 6.40. The average Bonchev–Trinajstić information content (AvgIpc) is 2.58. The molecule has 0 radical (unpaired) electrons. The first-order valence-corrected chi connectivity index (χ1v) is 9.04. The molecule has 0 bridgehead atoms. The number of hydrogen-bond donors (Lipinski definition) is 1. The number of nitrogens with zero attached hydrogens (tertiary/aromatic N) is 1. The van der Waals surface area contributed by atoms with E-state index < -0.39 is 10.0 Å². The van der Waals surface area contributed by atoms with E-state index in [1.165, 1.54) is 18.3 Å². The van der Waals surface area contributed by atoms with Crippen LogP contribution in [0.15, 0.2) is 58.5 Å². The Kier molecular flexibility index (Phi) is 6.20. The molecule has 0 spiro atoms. The lowest BCUT2D eigenvalue weighted by atomic mass is 10.2. The van der Waals surface area contributed by atoms with Crippen molar-refractivity contribution in [3.63, 3.8) is 0 Å². The molecular weight excluding hydrogens is 328 g/mol. The van der Waals surface area contributed by atoms with E-state index in [1.54, 1.807) is 36.4 Å². The fourth-order valence-corrected chi connectivity index (χ4v) is 2.78. The number of nitrogens with one attached hydrogen (secondary N) is 1. The molecule has 2 aromatic carbocycles. The SMILES string of the molecule is CCOc1ccc(C=NNS(=O)(=O)c2ccccc2)cc1OCC. The summed E-state index contributed by atoms with van der Waals surface area (Å²) >= 11 is 0. The van der Waals surface area contributed by atoms with Gasteiger partial charge in [-0.25, -0.2) is 4.83 Å². The van der Waals surface area contributed by atoms with Crippen molar-refractivity contribution in [1.82, 2.24) is 4.83 Å². The molecule has 2 aromatic rings. The van der Waals surface area contributed by atoms with Gasteiger partial charge in [-0.1, -0.05) is 18.2 Å². The van der Waals surface area contributed by atoms with E-state index in [0.29, 0.717) is 30.3 Å². The van der Waals surface area contributed by atoms with Crippen LogP contribution < -0.4 is 14.3 Å². The maximum atomic E-state index is 12.1. The Hall–Kier alpha value is -2.54. The molecule has 0 aliphatic heterocycles. The van der Waals surface area contributed by atoms with Crippen LogP contribution in [-0.2, 0) is 10.0 Å². The number of ether oxygens (including phenoxy) is 2. The van der Waals surface area contributed by atoms with Crippen molar-refractivity contribution in [2.24, 2.45) is 5.10 Å². The van der Waals surface area contributed by atoms with Gasteiger partial charge < -0.3 is 9.47 Å². The van der Waals surface area contributed by atoms with Gasteiger partial charge in [-0.2, -0.15) is 13.5 Å². The van der Waals surface area contributed by atoms with Gasteiger partial charge in [0.1, 0.15) is 0 Å². The van der Waals surface area contributed by atoms with Crippen LogP contribution in [0.4, 0.5) is 0 Å². The highest BCUT2D eigenvalue weighted by Crippen LogP contribution is 2.27. The van der Waals surface area contributed by atoms with Crippen molar-refractivity contribution in [2.75, 3.05) is 13.2 Å². The quantitative estimate of drug-likeness (QED) is 0.588. The fourth-order valence-electron chi connectivity index (χ4n) is 1.97. The second-order valence-electron chi connectivity index (χ2n) is 4.74. The van der Waals surface area contributed by atoms with Gasteiger partial charge in [-0.3, -0.25) is 0 Å². The van der Waals surface area contributed by atoms with Crippen LogP contribution in [0.25, 0.3) is 0 Å². The molecule has 0 aliphatic carbocycles. The second kappa shape index (κ2) is 8.35. The van der Waals surface area contributed by atoms with E-state index >= 15 is 0 Å². The first kappa shape index (κ1) is 17.8. The molecule has 0 unspecified atom stereocenters. The van der Waals surface area contributed by atoms with Gasteiger partial charge in [0.2, 0.25) is 0 Å². The Morgan fingerprint density at radius 3 is 2.33 bits per heavy atom. The van der Waals surface area contributed by atoms with Crippen LogP contribution in [0, 0.1) is 0 Å². The third-order valence-electron chi connectivity index (χ3n) is 3.01. The topological polar surface area (TPSA) is 77.0 Å². The zero-order valence-corrected chi connectivity index (χ0v) is 14.4. The van der Waals surface area contributed by atoms with E-state index in [2.05, 4.69) is 9.93 Å². The van der Waals surface area contributed by atoms with Crippen molar-refractivity contribution < 1.29 is 17.9 Å². The van der Waals surface area contributed by atoms with Crippen molar-refractivity contribution in [3.05, 3.63) is 54.1 Å². The minimum absolute atomic E-state index is 0.156. The molecule has 0 aliphatic rings. The summed E-state index contributed by atoms with van der Waals surface area (Å²) in [7, 11) is -3.67. The molecule has 7 heteroatoms. The van der Waals surface area contributed by atoms with Crippen molar-refractivity contribution >= 4 is 16.2 Å². The summed E-state index contributed by atoms with van der Waals surface area (Å²) in [5.74, 6) is 1.23. The molecular formula is C17H20N2O4S. The largest absolute Gasteiger partial charge is 0.490 e. The minimum atomic E-state index is -3.67. The summed E-state index contributed by atoms with van der Waals surface area (Å²) in [6, 6.07) is 13.3. The Morgan fingerprint density at radius 2 is 1.67 bits per heavy atom. The van der Waals surface area contributed by atoms with Crippen molar-refractivity contribution in [2.45, 2.75) is 18.7 Å². The Morgan fingerprint density at radius 1 is 1.00 bits per heavy atom. The molecule has 0 saturated carbocycles. The molecule has 128 valence electrons. The number of hydrogen-bond acceptors (Lipinski definition) is 5. The molecule has 0 saturated heterocycles. The van der Waals surface area contributed by atoms with Crippen molar-refractivity contribution in [1.29, 1.82) is 0 Å². The molecule has 2 rings (SSSR count). The van der Waals surface area contributed by atoms with Crippen LogP contribution in [-0.4, -0.2) is 27.8 Å². The number of benzene rings is 2. The number of rotatable bonds is 8. The van der Waals surface area contributed by atoms with Crippen LogP contribution in [0.5, 0.6) is 11.5 Å². The van der Waals surface area contributed by atoms with Crippen molar-refractivity contribution in [3.8, 4) is 11.5 Å². The lowest BCUT2D eigenvalue weighted by Crippen LogP contribution is -2.18. The smallest absolute Gasteiger partial charge is 0.276 e. The van der Waals surface area contributed by atoms with E-state index in [4.69, 9.17) is 9.47 Å². The lowest BCUT2D eigenvalue weighted by Gasteiger charge is -2.11. The highest BCUT2D eigenvalue weighted by Gasteiger charge is 2.11. The van der Waals surface area contributed by atoms with E-state index in [1.807, 2.05) is 13.8 Å². The molecule has 1 N–H and O–H groups in total. The van der Waals surface area contributed by atoms with Crippen LogP contribution in [0.3, 0.4) is 0 Å². The Labute approximate surface area is 142 Å². The summed E-state index contributed by atoms with van der Waals surface area (Å²) in [6.45, 7) is 4.81. The highest BCUT2D eigenvalue weighted by molar-refractivity contribution is 7.89. The maximum absolute atomic E-state index is 12.1. The number of sulfonamides is 1. The van der Waals surface area contributed by atoms with Gasteiger partial charge >= 0.3 is 0 Å². The highest BCUT2D eigenvalue weighted by atomic mass is 32.2. The third-order valence-corrected chi connectivity index (χ3v) is 4.25. The standard InChI is InChI=1S/C17H20N2O4S/c1-3-22-16-11-10-14(12-17(16)23-4-2)13-18-19-24(20,21)15-8-6-5-7-9-15/h5-13,19H,3-4H2,1-2H3. The molecule has 0 heterocycles. The summed E-state index contributed by atoms with van der Waals surface area (Å²) in [5, 5.41) is 3.81. The van der Waals surface area contributed by atoms with Gasteiger partial charge in [0.25, 0.3) is 10.0 Å². The van der Waals surface area contributed by atoms with Gasteiger partial charge in [0.05, 0.1) is 24.3 Å². The number of hydrazone groups is 1. The average molecular weight is 348 g/mol. The summed E-state index contributed by atoms with van der Waals surface area (Å²) in [4.78, 5) is 2.34. The summed E-state index contributed by atoms with van der Waals surface area (Å²) in [5.41, 5.74) is 0.692. The molecule has 0 amide bonds.